The van der Waals surface area contributed by atoms with Gasteiger partial charge in [0.05, 0.1) is 0 Å². The predicted molar refractivity (Wildman–Crippen MR) is 78.8 cm³/mol. The molecule has 0 radical (unpaired) electrons. The summed E-state index contributed by atoms with van der Waals surface area (Å²) in [5, 5.41) is 3.51. The van der Waals surface area contributed by atoms with Crippen LogP contribution in [0.1, 0.15) is 61.3 Å². The fraction of sp³-hybridized carbons (Fsp3) is 0.647. The van der Waals surface area contributed by atoms with E-state index in [1.807, 2.05) is 0 Å². The quantitative estimate of drug-likeness (QED) is 0.821. The van der Waals surface area contributed by atoms with Crippen LogP contribution in [-0.2, 0) is 0 Å². The third-order valence-electron chi connectivity index (χ3n) is 4.86. The second kappa shape index (κ2) is 4.82. The maximum Gasteiger partial charge on any atom is 0.125 e. The summed E-state index contributed by atoms with van der Waals surface area (Å²) in [5.74, 6) is 1.13. The third kappa shape index (κ3) is 2.27. The van der Waals surface area contributed by atoms with Crippen molar-refractivity contribution in [1.82, 2.24) is 5.32 Å². The summed E-state index contributed by atoms with van der Waals surface area (Å²) in [6.07, 6.45) is 7.57. The molecule has 1 fully saturated rings. The molecular weight excluding hydrogens is 234 g/mol. The molecule has 0 bridgehead atoms. The van der Waals surface area contributed by atoms with E-state index in [1.165, 1.54) is 48.8 Å². The lowest BCUT2D eigenvalue weighted by Crippen LogP contribution is -2.45. The minimum absolute atomic E-state index is 0.0964. The van der Waals surface area contributed by atoms with E-state index in [9.17, 15) is 0 Å². The second-order valence-electron chi connectivity index (χ2n) is 6.38. The van der Waals surface area contributed by atoms with E-state index in [1.54, 1.807) is 0 Å². The number of ether oxygens (including phenoxy) is 1. The van der Waals surface area contributed by atoms with Crippen molar-refractivity contribution < 1.29 is 4.74 Å². The molecule has 1 unspecified atom stereocenters. The molecule has 3 rings (SSSR count). The van der Waals surface area contributed by atoms with Crippen molar-refractivity contribution in [2.75, 3.05) is 7.05 Å². The zero-order chi connectivity index (χ0) is 13.5. The largest absolute Gasteiger partial charge is 0.487 e. The Bertz CT molecular complexity index is 474. The highest BCUT2D eigenvalue weighted by atomic mass is 16.5. The molecule has 2 nitrogen and oxygen atoms in total. The molecule has 1 heterocycles. The van der Waals surface area contributed by atoms with Gasteiger partial charge in [-0.1, -0.05) is 12.5 Å². The summed E-state index contributed by atoms with van der Waals surface area (Å²) in [6.45, 7) is 4.37. The number of nitrogens with one attached hydrogen (secondary N) is 1. The molecule has 2 heteroatoms. The normalized spacial score (nSPS) is 24.9. The van der Waals surface area contributed by atoms with Crippen molar-refractivity contribution in [3.8, 4) is 5.75 Å². The number of rotatable bonds is 1. The zero-order valence-electron chi connectivity index (χ0n) is 12.4. The SMILES string of the molecule is CNC1CC2(CCCCC2)Oc2cc(C)cc(C)c21. The van der Waals surface area contributed by atoms with E-state index in [-0.39, 0.29) is 5.60 Å². The van der Waals surface area contributed by atoms with Gasteiger partial charge in [-0.15, -0.1) is 0 Å². The van der Waals surface area contributed by atoms with Crippen LogP contribution in [0, 0.1) is 13.8 Å². The van der Waals surface area contributed by atoms with Crippen molar-refractivity contribution in [3.63, 3.8) is 0 Å². The Morgan fingerprint density at radius 2 is 1.89 bits per heavy atom. The van der Waals surface area contributed by atoms with Crippen LogP contribution in [0.25, 0.3) is 0 Å². The highest BCUT2D eigenvalue weighted by Gasteiger charge is 2.41. The molecule has 104 valence electrons. The molecular formula is C17H25NO. The molecule has 1 aliphatic carbocycles. The number of benzene rings is 1. The van der Waals surface area contributed by atoms with E-state index in [4.69, 9.17) is 4.74 Å². The van der Waals surface area contributed by atoms with Gasteiger partial charge >= 0.3 is 0 Å². The van der Waals surface area contributed by atoms with Crippen LogP contribution in [0.4, 0.5) is 0 Å². The molecule has 0 aromatic heterocycles. The Hall–Kier alpha value is -1.02. The smallest absolute Gasteiger partial charge is 0.125 e. The molecule has 1 aliphatic heterocycles. The van der Waals surface area contributed by atoms with Gasteiger partial charge in [0.15, 0.2) is 0 Å². The van der Waals surface area contributed by atoms with Crippen molar-refractivity contribution in [1.29, 1.82) is 0 Å². The van der Waals surface area contributed by atoms with E-state index in [2.05, 4.69) is 38.3 Å². The van der Waals surface area contributed by atoms with Gasteiger partial charge in [-0.2, -0.15) is 0 Å². The first-order valence-corrected chi connectivity index (χ1v) is 7.61. The minimum Gasteiger partial charge on any atom is -0.487 e. The van der Waals surface area contributed by atoms with Crippen LogP contribution in [0.15, 0.2) is 12.1 Å². The van der Waals surface area contributed by atoms with Crippen LogP contribution in [0.2, 0.25) is 0 Å². The van der Waals surface area contributed by atoms with E-state index in [0.717, 1.165) is 12.2 Å². The first-order valence-electron chi connectivity index (χ1n) is 7.61. The molecule has 1 spiro atoms. The standard InChI is InChI=1S/C17H25NO/c1-12-9-13(2)16-14(18-3)11-17(19-15(16)10-12)7-5-4-6-8-17/h9-10,14,18H,4-8,11H2,1-3H3. The molecule has 0 saturated heterocycles. The van der Waals surface area contributed by atoms with E-state index in [0.29, 0.717) is 6.04 Å². The number of fused-ring (bicyclic) bond motifs is 1. The Balaban J connectivity index is 2.02. The topological polar surface area (TPSA) is 21.3 Å². The maximum absolute atomic E-state index is 6.51. The Morgan fingerprint density at radius 3 is 2.58 bits per heavy atom. The van der Waals surface area contributed by atoms with Crippen LogP contribution >= 0.6 is 0 Å². The molecule has 1 N–H and O–H groups in total. The summed E-state index contributed by atoms with van der Waals surface area (Å²) in [7, 11) is 2.08. The number of hydrogen-bond acceptors (Lipinski definition) is 2. The van der Waals surface area contributed by atoms with Crippen molar-refractivity contribution in [2.24, 2.45) is 0 Å². The molecule has 0 amide bonds. The average molecular weight is 259 g/mol. The third-order valence-corrected chi connectivity index (χ3v) is 4.86. The van der Waals surface area contributed by atoms with Crippen LogP contribution in [0.5, 0.6) is 5.75 Å². The Labute approximate surface area is 116 Å². The molecule has 1 saturated carbocycles. The highest BCUT2D eigenvalue weighted by molar-refractivity contribution is 5.47. The lowest BCUT2D eigenvalue weighted by molar-refractivity contribution is -0.00199. The van der Waals surface area contributed by atoms with Gasteiger partial charge in [-0.3, -0.25) is 0 Å². The van der Waals surface area contributed by atoms with Gasteiger partial charge in [-0.05, 0) is 63.8 Å². The van der Waals surface area contributed by atoms with Crippen LogP contribution < -0.4 is 10.1 Å². The van der Waals surface area contributed by atoms with Gasteiger partial charge in [0.25, 0.3) is 0 Å². The fourth-order valence-corrected chi connectivity index (χ4v) is 3.97. The zero-order valence-corrected chi connectivity index (χ0v) is 12.4. The molecule has 19 heavy (non-hydrogen) atoms. The highest BCUT2D eigenvalue weighted by Crippen LogP contribution is 2.47. The lowest BCUT2D eigenvalue weighted by Gasteiger charge is -2.45. The molecule has 1 atom stereocenters. The minimum atomic E-state index is 0.0964. The van der Waals surface area contributed by atoms with Crippen LogP contribution in [-0.4, -0.2) is 12.6 Å². The number of hydrogen-bond donors (Lipinski definition) is 1. The van der Waals surface area contributed by atoms with Crippen LogP contribution in [0.3, 0.4) is 0 Å². The number of aryl methyl sites for hydroxylation is 2. The van der Waals surface area contributed by atoms with Gasteiger partial charge in [0.1, 0.15) is 11.4 Å². The summed E-state index contributed by atoms with van der Waals surface area (Å²) >= 11 is 0. The summed E-state index contributed by atoms with van der Waals surface area (Å²) in [6, 6.07) is 4.94. The summed E-state index contributed by atoms with van der Waals surface area (Å²) in [5.41, 5.74) is 4.14. The summed E-state index contributed by atoms with van der Waals surface area (Å²) in [4.78, 5) is 0. The van der Waals surface area contributed by atoms with Gasteiger partial charge in [0.2, 0.25) is 0 Å². The van der Waals surface area contributed by atoms with E-state index >= 15 is 0 Å². The van der Waals surface area contributed by atoms with Crippen molar-refractivity contribution in [2.45, 2.75) is 64.0 Å². The average Bonchev–Trinajstić information content (AvgIpc) is 2.37. The molecule has 2 aliphatic rings. The van der Waals surface area contributed by atoms with Gasteiger partial charge in [-0.25, -0.2) is 0 Å². The summed E-state index contributed by atoms with van der Waals surface area (Å²) < 4.78 is 6.51. The maximum atomic E-state index is 6.51. The monoisotopic (exact) mass is 259 g/mol. The first-order chi connectivity index (χ1) is 9.13. The molecule has 1 aromatic rings. The van der Waals surface area contributed by atoms with Crippen molar-refractivity contribution in [3.05, 3.63) is 28.8 Å². The fourth-order valence-electron chi connectivity index (χ4n) is 3.97. The van der Waals surface area contributed by atoms with Crippen molar-refractivity contribution >= 4 is 0 Å². The first kappa shape index (κ1) is 13.0. The lowest BCUT2D eigenvalue weighted by atomic mass is 9.76. The Morgan fingerprint density at radius 1 is 1.16 bits per heavy atom. The van der Waals surface area contributed by atoms with E-state index < -0.39 is 0 Å². The predicted octanol–water partition coefficient (Wildman–Crippen LogP) is 4.05. The molecule has 1 aromatic carbocycles. The Kier molecular flexibility index (Phi) is 3.30. The van der Waals surface area contributed by atoms with Gasteiger partial charge < -0.3 is 10.1 Å². The van der Waals surface area contributed by atoms with Gasteiger partial charge in [0, 0.05) is 18.0 Å². The second-order valence-corrected chi connectivity index (χ2v) is 6.38.